The van der Waals surface area contributed by atoms with Gasteiger partial charge in [0, 0.05) is 14.2 Å². The number of ether oxygens (including phenoxy) is 2. The Labute approximate surface area is 120 Å². The van der Waals surface area contributed by atoms with Crippen LogP contribution in [-0.4, -0.2) is 39.8 Å². The third-order valence-electron chi connectivity index (χ3n) is 2.55. The quantitative estimate of drug-likeness (QED) is 0.850. The summed E-state index contributed by atoms with van der Waals surface area (Å²) < 4.78 is 50.6. The Kier molecular flexibility index (Phi) is 4.63. The predicted molar refractivity (Wildman–Crippen MR) is 74.9 cm³/mol. The maximum Gasteiger partial charge on any atom is 0.286 e. The van der Waals surface area contributed by atoms with Gasteiger partial charge in [0.15, 0.2) is 11.5 Å². The second-order valence-electron chi connectivity index (χ2n) is 3.85. The topological polar surface area (TPSA) is 77.0 Å². The molecule has 1 N–H and O–H groups in total. The van der Waals surface area contributed by atoms with E-state index in [-0.39, 0.29) is 10.1 Å². The van der Waals surface area contributed by atoms with Crippen molar-refractivity contribution < 1.29 is 22.3 Å². The second-order valence-corrected chi connectivity index (χ2v) is 6.43. The molecule has 2 rings (SSSR count). The lowest BCUT2D eigenvalue weighted by atomic mass is 10.3. The van der Waals surface area contributed by atoms with Crippen LogP contribution in [0.2, 0.25) is 0 Å². The van der Waals surface area contributed by atoms with Crippen LogP contribution in [0.15, 0.2) is 27.5 Å². The summed E-state index contributed by atoms with van der Waals surface area (Å²) in [6, 6.07) is 3.49. The number of benzene rings is 1. The fraction of sp³-hybridized carbons (Fsp3) is 0.364. The maximum atomic E-state index is 13.1. The highest BCUT2D eigenvalue weighted by molar-refractivity contribution is 8.14. The van der Waals surface area contributed by atoms with E-state index in [1.807, 2.05) is 0 Å². The molecule has 0 radical (unpaired) electrons. The molecule has 0 saturated heterocycles. The summed E-state index contributed by atoms with van der Waals surface area (Å²) in [6.45, 7) is 0. The molecule has 1 aliphatic heterocycles. The van der Waals surface area contributed by atoms with Gasteiger partial charge in [-0.25, -0.2) is 4.39 Å². The standard InChI is InChI=1S/C11H13FN2O4S2/c1-17-10(18-2)6-19-11-13-8-4-3-7(12)5-9(8)20(15,16)14-11/h3-5,10H,6H2,1-2H3,(H,13,14). The molecule has 0 amide bonds. The van der Waals surface area contributed by atoms with Gasteiger partial charge in [0.1, 0.15) is 10.7 Å². The molecule has 110 valence electrons. The van der Waals surface area contributed by atoms with Crippen LogP contribution >= 0.6 is 11.8 Å². The zero-order valence-corrected chi connectivity index (χ0v) is 12.4. The molecule has 0 unspecified atom stereocenters. The van der Waals surface area contributed by atoms with Gasteiger partial charge in [-0.05, 0) is 18.2 Å². The molecule has 0 bridgehead atoms. The Morgan fingerprint density at radius 1 is 1.40 bits per heavy atom. The number of nitrogens with one attached hydrogen (secondary N) is 1. The number of fused-ring (bicyclic) bond motifs is 1. The highest BCUT2D eigenvalue weighted by Crippen LogP contribution is 2.30. The van der Waals surface area contributed by atoms with Gasteiger partial charge in [-0.1, -0.05) is 11.8 Å². The minimum atomic E-state index is -3.89. The smallest absolute Gasteiger partial charge is 0.286 e. The monoisotopic (exact) mass is 320 g/mol. The SMILES string of the molecule is COC(CSC1=NS(=O)(=O)c2cc(F)ccc2N1)OC. The van der Waals surface area contributed by atoms with E-state index in [1.165, 1.54) is 26.4 Å². The Balaban J connectivity index is 2.20. The van der Waals surface area contributed by atoms with Crippen LogP contribution in [0.25, 0.3) is 0 Å². The van der Waals surface area contributed by atoms with Gasteiger partial charge in [-0.3, -0.25) is 0 Å². The lowest BCUT2D eigenvalue weighted by Gasteiger charge is -2.19. The molecule has 0 atom stereocenters. The van der Waals surface area contributed by atoms with Crippen LogP contribution in [0, 0.1) is 5.82 Å². The fourth-order valence-corrected chi connectivity index (χ4v) is 3.83. The molecule has 20 heavy (non-hydrogen) atoms. The summed E-state index contributed by atoms with van der Waals surface area (Å²) in [6.07, 6.45) is -0.471. The van der Waals surface area contributed by atoms with E-state index >= 15 is 0 Å². The van der Waals surface area contributed by atoms with Crippen molar-refractivity contribution in [3.8, 4) is 0 Å². The van der Waals surface area contributed by atoms with Crippen molar-refractivity contribution in [3.63, 3.8) is 0 Å². The van der Waals surface area contributed by atoms with Crippen molar-refractivity contribution in [3.05, 3.63) is 24.0 Å². The molecule has 1 aromatic carbocycles. The first-order chi connectivity index (χ1) is 9.46. The highest BCUT2D eigenvalue weighted by atomic mass is 32.2. The molecule has 6 nitrogen and oxygen atoms in total. The third-order valence-corrected chi connectivity index (χ3v) is 4.89. The second kappa shape index (κ2) is 6.08. The molecule has 1 aromatic rings. The first-order valence-corrected chi connectivity index (χ1v) is 7.99. The number of sulfonamides is 1. The Morgan fingerprint density at radius 2 is 2.10 bits per heavy atom. The molecule has 0 aliphatic carbocycles. The predicted octanol–water partition coefficient (Wildman–Crippen LogP) is 1.65. The van der Waals surface area contributed by atoms with Crippen molar-refractivity contribution in [2.45, 2.75) is 11.2 Å². The van der Waals surface area contributed by atoms with E-state index in [2.05, 4.69) is 9.71 Å². The zero-order chi connectivity index (χ0) is 14.8. The number of anilines is 1. The molecule has 1 heterocycles. The van der Waals surface area contributed by atoms with E-state index in [0.717, 1.165) is 17.8 Å². The van der Waals surface area contributed by atoms with Gasteiger partial charge >= 0.3 is 0 Å². The third kappa shape index (κ3) is 3.29. The number of amidine groups is 1. The zero-order valence-electron chi connectivity index (χ0n) is 10.8. The number of methoxy groups -OCH3 is 2. The van der Waals surface area contributed by atoms with E-state index in [4.69, 9.17) is 9.47 Å². The van der Waals surface area contributed by atoms with Crippen LogP contribution in [0.5, 0.6) is 0 Å². The summed E-state index contributed by atoms with van der Waals surface area (Å²) in [5, 5.41) is 3.04. The van der Waals surface area contributed by atoms with Gasteiger partial charge in [0.2, 0.25) is 0 Å². The fourth-order valence-electron chi connectivity index (χ4n) is 1.55. The van der Waals surface area contributed by atoms with Crippen molar-refractivity contribution in [1.29, 1.82) is 0 Å². The maximum absolute atomic E-state index is 13.1. The van der Waals surface area contributed by atoms with Crippen molar-refractivity contribution in [1.82, 2.24) is 0 Å². The highest BCUT2D eigenvalue weighted by Gasteiger charge is 2.26. The van der Waals surface area contributed by atoms with Gasteiger partial charge in [-0.15, -0.1) is 4.40 Å². The number of rotatable bonds is 4. The van der Waals surface area contributed by atoms with Crippen LogP contribution in [-0.2, 0) is 19.5 Å². The van der Waals surface area contributed by atoms with Crippen LogP contribution in [0.1, 0.15) is 0 Å². The van der Waals surface area contributed by atoms with Crippen molar-refractivity contribution >= 4 is 32.6 Å². The summed E-state index contributed by atoms with van der Waals surface area (Å²) in [5.41, 5.74) is 0.301. The number of nitrogens with zero attached hydrogens (tertiary/aromatic N) is 1. The van der Waals surface area contributed by atoms with Gasteiger partial charge in [-0.2, -0.15) is 8.42 Å². The minimum Gasteiger partial charge on any atom is -0.355 e. The average Bonchev–Trinajstić information content (AvgIpc) is 2.40. The average molecular weight is 320 g/mol. The molecule has 1 aliphatic rings. The number of thioether (sulfide) groups is 1. The number of hydrogen-bond acceptors (Lipinski definition) is 6. The minimum absolute atomic E-state index is 0.170. The largest absolute Gasteiger partial charge is 0.355 e. The first kappa shape index (κ1) is 15.2. The van der Waals surface area contributed by atoms with E-state index in [9.17, 15) is 12.8 Å². The first-order valence-electron chi connectivity index (χ1n) is 5.56. The summed E-state index contributed by atoms with van der Waals surface area (Å²) >= 11 is 1.14. The lowest BCUT2D eigenvalue weighted by Crippen LogP contribution is -2.23. The molecule has 9 heteroatoms. The normalized spacial score (nSPS) is 16.5. The number of hydrogen-bond donors (Lipinski definition) is 1. The van der Waals surface area contributed by atoms with Crippen LogP contribution in [0.3, 0.4) is 0 Å². The molecule has 0 fully saturated rings. The molecule has 0 saturated carbocycles. The summed E-state index contributed by atoms with van der Waals surface area (Å²) in [4.78, 5) is -0.170. The Hall–Kier alpha value is -1.16. The molecular weight excluding hydrogens is 307 g/mol. The van der Waals surface area contributed by atoms with E-state index < -0.39 is 22.1 Å². The molecular formula is C11H13FN2O4S2. The Bertz CT molecular complexity index is 629. The van der Waals surface area contributed by atoms with Crippen LogP contribution < -0.4 is 5.32 Å². The van der Waals surface area contributed by atoms with Gasteiger partial charge in [0.25, 0.3) is 10.0 Å². The lowest BCUT2D eigenvalue weighted by molar-refractivity contribution is -0.0841. The van der Waals surface area contributed by atoms with Gasteiger partial charge < -0.3 is 14.8 Å². The van der Waals surface area contributed by atoms with Crippen molar-refractivity contribution in [2.75, 3.05) is 25.3 Å². The number of halogens is 1. The van der Waals surface area contributed by atoms with Crippen LogP contribution in [0.4, 0.5) is 10.1 Å². The molecule has 0 spiro atoms. The Morgan fingerprint density at radius 3 is 2.75 bits per heavy atom. The van der Waals surface area contributed by atoms with Gasteiger partial charge in [0.05, 0.1) is 11.4 Å². The van der Waals surface area contributed by atoms with E-state index in [1.54, 1.807) is 0 Å². The van der Waals surface area contributed by atoms with Crippen molar-refractivity contribution in [2.24, 2.45) is 4.40 Å². The summed E-state index contributed by atoms with van der Waals surface area (Å²) in [5.74, 6) is -0.260. The van der Waals surface area contributed by atoms with E-state index in [0.29, 0.717) is 11.4 Å². The molecule has 0 aromatic heterocycles. The summed E-state index contributed by atoms with van der Waals surface area (Å²) in [7, 11) is -0.921.